The summed E-state index contributed by atoms with van der Waals surface area (Å²) in [7, 11) is 0. The van der Waals surface area contributed by atoms with Gasteiger partial charge in [-0.1, -0.05) is 57.0 Å². The van der Waals surface area contributed by atoms with Gasteiger partial charge in [0.2, 0.25) is 0 Å². The smallest absolute Gasteiger partial charge is 0.0320 e. The second-order valence-electron chi connectivity index (χ2n) is 5.13. The number of unbranched alkanes of at least 4 members (excludes halogenated alkanes) is 3. The van der Waals surface area contributed by atoms with Crippen molar-refractivity contribution in [1.29, 1.82) is 0 Å². The minimum absolute atomic E-state index is 0.514. The van der Waals surface area contributed by atoms with E-state index in [1.807, 2.05) is 6.08 Å². The van der Waals surface area contributed by atoms with E-state index in [4.69, 9.17) is 0 Å². The van der Waals surface area contributed by atoms with Crippen molar-refractivity contribution in [2.45, 2.75) is 58.4 Å². The van der Waals surface area contributed by atoms with Crippen molar-refractivity contribution < 1.29 is 0 Å². The van der Waals surface area contributed by atoms with Crippen LogP contribution in [0.2, 0.25) is 0 Å². The van der Waals surface area contributed by atoms with Crippen molar-refractivity contribution in [3.8, 4) is 0 Å². The van der Waals surface area contributed by atoms with Gasteiger partial charge in [0.1, 0.15) is 0 Å². The minimum atomic E-state index is 0.514. The largest absolute Gasteiger partial charge is 0.310 e. The van der Waals surface area contributed by atoms with Crippen molar-refractivity contribution >= 4 is 0 Å². The summed E-state index contributed by atoms with van der Waals surface area (Å²) in [4.78, 5) is 0. The molecule has 19 heavy (non-hydrogen) atoms. The summed E-state index contributed by atoms with van der Waals surface area (Å²) in [5, 5.41) is 3.61. The Morgan fingerprint density at radius 1 is 1.11 bits per heavy atom. The fraction of sp³-hybridized carbons (Fsp3) is 0.556. The van der Waals surface area contributed by atoms with Gasteiger partial charge >= 0.3 is 0 Å². The zero-order chi connectivity index (χ0) is 13.9. The Bertz CT molecular complexity index is 339. The SMILES string of the molecule is C=CCCCCCC(NCC)c1ccc(CC)cc1. The quantitative estimate of drug-likeness (QED) is 0.458. The lowest BCUT2D eigenvalue weighted by atomic mass is 9.98. The van der Waals surface area contributed by atoms with Crippen molar-refractivity contribution in [2.24, 2.45) is 0 Å². The molecular weight excluding hydrogens is 230 g/mol. The van der Waals surface area contributed by atoms with E-state index in [2.05, 4.69) is 50.0 Å². The number of allylic oxidation sites excluding steroid dienone is 1. The maximum atomic E-state index is 3.77. The molecule has 0 radical (unpaired) electrons. The molecule has 0 spiro atoms. The van der Waals surface area contributed by atoms with Crippen LogP contribution in [0.5, 0.6) is 0 Å². The molecule has 1 heteroatoms. The standard InChI is InChI=1S/C18H29N/c1-4-7-8-9-10-11-18(19-6-3)17-14-12-16(5-2)13-15-17/h4,12-15,18-19H,1,5-11H2,2-3H3. The van der Waals surface area contributed by atoms with Crippen LogP contribution in [-0.2, 0) is 6.42 Å². The molecule has 0 bridgehead atoms. The third kappa shape index (κ3) is 6.07. The first-order valence-electron chi connectivity index (χ1n) is 7.74. The van der Waals surface area contributed by atoms with Crippen LogP contribution in [0.1, 0.15) is 63.1 Å². The van der Waals surface area contributed by atoms with Crippen LogP contribution in [0.25, 0.3) is 0 Å². The fourth-order valence-corrected chi connectivity index (χ4v) is 2.43. The normalized spacial score (nSPS) is 12.3. The zero-order valence-electron chi connectivity index (χ0n) is 12.6. The lowest BCUT2D eigenvalue weighted by Gasteiger charge is -2.18. The second kappa shape index (κ2) is 9.80. The van der Waals surface area contributed by atoms with E-state index in [-0.39, 0.29) is 0 Å². The maximum Gasteiger partial charge on any atom is 0.0320 e. The van der Waals surface area contributed by atoms with Gasteiger partial charge in [-0.3, -0.25) is 0 Å². The van der Waals surface area contributed by atoms with E-state index in [0.717, 1.165) is 19.4 Å². The van der Waals surface area contributed by atoms with Gasteiger partial charge in [0, 0.05) is 6.04 Å². The van der Waals surface area contributed by atoms with Gasteiger partial charge in [-0.2, -0.15) is 0 Å². The summed E-state index contributed by atoms with van der Waals surface area (Å²) in [5.74, 6) is 0. The molecule has 1 rings (SSSR count). The molecule has 0 fully saturated rings. The summed E-state index contributed by atoms with van der Waals surface area (Å²) in [6.45, 7) is 9.20. The molecule has 0 saturated heterocycles. The second-order valence-corrected chi connectivity index (χ2v) is 5.13. The molecule has 0 saturated carbocycles. The Labute approximate surface area is 119 Å². The lowest BCUT2D eigenvalue weighted by Crippen LogP contribution is -2.20. The first kappa shape index (κ1) is 16.0. The zero-order valence-corrected chi connectivity index (χ0v) is 12.6. The Balaban J connectivity index is 2.47. The Kier molecular flexibility index (Phi) is 8.24. The molecule has 1 atom stereocenters. The van der Waals surface area contributed by atoms with Gasteiger partial charge in [-0.05, 0) is 43.4 Å². The first-order chi connectivity index (χ1) is 9.31. The Morgan fingerprint density at radius 3 is 2.42 bits per heavy atom. The summed E-state index contributed by atoms with van der Waals surface area (Å²) in [6, 6.07) is 9.61. The van der Waals surface area contributed by atoms with Crippen molar-refractivity contribution in [1.82, 2.24) is 5.32 Å². The van der Waals surface area contributed by atoms with E-state index in [1.165, 1.54) is 36.8 Å². The molecule has 0 aliphatic carbocycles. The van der Waals surface area contributed by atoms with Crippen LogP contribution in [0.15, 0.2) is 36.9 Å². The van der Waals surface area contributed by atoms with E-state index >= 15 is 0 Å². The Morgan fingerprint density at radius 2 is 1.84 bits per heavy atom. The monoisotopic (exact) mass is 259 g/mol. The molecular formula is C18H29N. The average molecular weight is 259 g/mol. The average Bonchev–Trinajstić information content (AvgIpc) is 2.46. The Hall–Kier alpha value is -1.08. The molecule has 0 aromatic heterocycles. The van der Waals surface area contributed by atoms with E-state index < -0.39 is 0 Å². The molecule has 0 amide bonds. The van der Waals surface area contributed by atoms with Gasteiger partial charge in [0.15, 0.2) is 0 Å². The number of rotatable bonds is 10. The van der Waals surface area contributed by atoms with Gasteiger partial charge in [0.05, 0.1) is 0 Å². The summed E-state index contributed by atoms with van der Waals surface area (Å²) in [5.41, 5.74) is 2.85. The van der Waals surface area contributed by atoms with E-state index in [0.29, 0.717) is 6.04 Å². The van der Waals surface area contributed by atoms with Crippen LogP contribution < -0.4 is 5.32 Å². The van der Waals surface area contributed by atoms with Gasteiger partial charge < -0.3 is 5.32 Å². The highest BCUT2D eigenvalue weighted by Crippen LogP contribution is 2.21. The highest BCUT2D eigenvalue weighted by molar-refractivity contribution is 5.25. The first-order valence-corrected chi connectivity index (χ1v) is 7.74. The summed E-state index contributed by atoms with van der Waals surface area (Å²) < 4.78 is 0. The molecule has 1 aromatic rings. The molecule has 0 aliphatic heterocycles. The van der Waals surface area contributed by atoms with Gasteiger partial charge in [-0.25, -0.2) is 0 Å². The summed E-state index contributed by atoms with van der Waals surface area (Å²) in [6.07, 6.45) is 9.39. The third-order valence-corrected chi connectivity index (χ3v) is 3.64. The van der Waals surface area contributed by atoms with Crippen LogP contribution >= 0.6 is 0 Å². The highest BCUT2D eigenvalue weighted by atomic mass is 14.9. The predicted octanol–water partition coefficient (Wildman–Crippen LogP) is 5.04. The number of hydrogen-bond acceptors (Lipinski definition) is 1. The van der Waals surface area contributed by atoms with Crippen molar-refractivity contribution in [3.63, 3.8) is 0 Å². The van der Waals surface area contributed by atoms with Gasteiger partial charge in [0.25, 0.3) is 0 Å². The fourth-order valence-electron chi connectivity index (χ4n) is 2.43. The van der Waals surface area contributed by atoms with Crippen LogP contribution in [-0.4, -0.2) is 6.54 Å². The molecule has 1 N–H and O–H groups in total. The van der Waals surface area contributed by atoms with Crippen LogP contribution in [0.3, 0.4) is 0 Å². The van der Waals surface area contributed by atoms with Crippen LogP contribution in [0, 0.1) is 0 Å². The van der Waals surface area contributed by atoms with Crippen molar-refractivity contribution in [3.05, 3.63) is 48.0 Å². The number of benzene rings is 1. The number of hydrogen-bond donors (Lipinski definition) is 1. The third-order valence-electron chi connectivity index (χ3n) is 3.64. The minimum Gasteiger partial charge on any atom is -0.310 e. The predicted molar refractivity (Wildman–Crippen MR) is 85.5 cm³/mol. The lowest BCUT2D eigenvalue weighted by molar-refractivity contribution is 0.483. The van der Waals surface area contributed by atoms with Crippen molar-refractivity contribution in [2.75, 3.05) is 6.54 Å². The molecule has 1 aromatic carbocycles. The molecule has 0 heterocycles. The molecule has 1 nitrogen and oxygen atoms in total. The van der Waals surface area contributed by atoms with Crippen LogP contribution in [0.4, 0.5) is 0 Å². The number of aryl methyl sites for hydroxylation is 1. The van der Waals surface area contributed by atoms with E-state index in [1.54, 1.807) is 0 Å². The number of nitrogens with one attached hydrogen (secondary N) is 1. The summed E-state index contributed by atoms with van der Waals surface area (Å²) >= 11 is 0. The van der Waals surface area contributed by atoms with E-state index in [9.17, 15) is 0 Å². The van der Waals surface area contributed by atoms with Gasteiger partial charge in [-0.15, -0.1) is 6.58 Å². The maximum absolute atomic E-state index is 3.77. The molecule has 1 unspecified atom stereocenters. The molecule has 106 valence electrons. The topological polar surface area (TPSA) is 12.0 Å². The molecule has 0 aliphatic rings. The highest BCUT2D eigenvalue weighted by Gasteiger charge is 2.09.